The summed E-state index contributed by atoms with van der Waals surface area (Å²) in [6, 6.07) is 8.56. The summed E-state index contributed by atoms with van der Waals surface area (Å²) in [4.78, 5) is 17.5. The number of aryl methyl sites for hydroxylation is 1. The minimum atomic E-state index is 0.134. The number of hydrogen-bond donors (Lipinski definition) is 1. The lowest BCUT2D eigenvalue weighted by molar-refractivity contribution is -0.121. The molecule has 5 rings (SSSR count). The quantitative estimate of drug-likeness (QED) is 0.745. The van der Waals surface area contributed by atoms with E-state index in [9.17, 15) is 4.79 Å². The van der Waals surface area contributed by atoms with Crippen LogP contribution in [0.3, 0.4) is 0 Å². The third-order valence-corrected chi connectivity index (χ3v) is 8.02. The Kier molecular flexibility index (Phi) is 5.85. The van der Waals surface area contributed by atoms with E-state index in [2.05, 4.69) is 53.6 Å². The molecule has 2 heterocycles. The first-order chi connectivity index (χ1) is 15.5. The van der Waals surface area contributed by atoms with Crippen LogP contribution in [0, 0.1) is 23.7 Å². The van der Waals surface area contributed by atoms with Gasteiger partial charge in [-0.2, -0.15) is 0 Å². The Morgan fingerprint density at radius 2 is 2.09 bits per heavy atom. The first-order valence-corrected chi connectivity index (χ1v) is 12.0. The molecule has 170 valence electrons. The number of nitrogens with zero attached hydrogens (tertiary/aromatic N) is 2. The van der Waals surface area contributed by atoms with Gasteiger partial charge in [-0.1, -0.05) is 30.4 Å². The molecule has 1 N–H and O–H groups in total. The lowest BCUT2D eigenvalue weighted by atomic mass is 9.61. The molecule has 2 aliphatic carbocycles. The molecule has 5 nitrogen and oxygen atoms in total. The van der Waals surface area contributed by atoms with Crippen LogP contribution in [-0.2, 0) is 11.2 Å². The van der Waals surface area contributed by atoms with Crippen molar-refractivity contribution in [1.82, 2.24) is 15.1 Å². The van der Waals surface area contributed by atoms with Crippen molar-refractivity contribution in [2.75, 3.05) is 34.3 Å². The molecule has 2 aliphatic heterocycles. The van der Waals surface area contributed by atoms with Gasteiger partial charge in [-0.25, -0.2) is 0 Å². The minimum absolute atomic E-state index is 0.134. The Morgan fingerprint density at radius 1 is 1.25 bits per heavy atom. The standard InChI is InChI=1S/C27H35N3O2/c1-29-16-18(15-28-26(31)12-11-19-7-4-5-10-25(19)32-3)13-22-21-8-6-9-23-27(21)20(14-24(22)29)17-30(23)2/h4-10,17-18,21-22,24,27H,11-16H2,1-3H3,(H,28,31)/t18-,21?,22+,24+,27?/m0/s1. The number of methoxy groups -OCH3 is 1. The highest BCUT2D eigenvalue weighted by atomic mass is 16.5. The van der Waals surface area contributed by atoms with Gasteiger partial charge >= 0.3 is 0 Å². The number of hydrogen-bond acceptors (Lipinski definition) is 4. The molecule has 1 aromatic rings. The third-order valence-electron chi connectivity index (χ3n) is 8.02. The molecule has 0 aromatic heterocycles. The second-order valence-electron chi connectivity index (χ2n) is 9.94. The maximum atomic E-state index is 12.6. The van der Waals surface area contributed by atoms with Crippen molar-refractivity contribution >= 4 is 5.91 Å². The highest BCUT2D eigenvalue weighted by Crippen LogP contribution is 2.52. The van der Waals surface area contributed by atoms with Crippen molar-refractivity contribution in [2.45, 2.75) is 31.7 Å². The van der Waals surface area contributed by atoms with E-state index in [0.29, 0.717) is 42.6 Å². The summed E-state index contributed by atoms with van der Waals surface area (Å²) in [7, 11) is 6.14. The number of piperidine rings is 1. The Morgan fingerprint density at radius 3 is 2.94 bits per heavy atom. The molecule has 5 heteroatoms. The normalized spacial score (nSPS) is 30.8. The molecule has 2 unspecified atom stereocenters. The first kappa shape index (κ1) is 21.3. The summed E-state index contributed by atoms with van der Waals surface area (Å²) < 4.78 is 5.41. The minimum Gasteiger partial charge on any atom is -0.496 e. The van der Waals surface area contributed by atoms with E-state index in [1.165, 1.54) is 18.5 Å². The Hall–Kier alpha value is -2.53. The van der Waals surface area contributed by atoms with Crippen LogP contribution in [0.5, 0.6) is 5.75 Å². The van der Waals surface area contributed by atoms with Gasteiger partial charge in [-0.15, -0.1) is 0 Å². The lowest BCUT2D eigenvalue weighted by Crippen LogP contribution is -2.54. The second kappa shape index (κ2) is 8.78. The fraction of sp³-hybridized carbons (Fsp3) is 0.519. The number of carbonyl (C=O) groups is 1. The van der Waals surface area contributed by atoms with Crippen LogP contribution in [0.2, 0.25) is 0 Å². The number of likely N-dealkylation sites (tertiary alicyclic amines) is 1. The summed E-state index contributed by atoms with van der Waals surface area (Å²) in [5.74, 6) is 3.29. The van der Waals surface area contributed by atoms with Gasteiger partial charge in [-0.05, 0) is 67.3 Å². The molecule has 2 fully saturated rings. The number of carbonyl (C=O) groups excluding carboxylic acids is 1. The van der Waals surface area contributed by atoms with E-state index in [1.807, 2.05) is 24.3 Å². The monoisotopic (exact) mass is 433 g/mol. The third kappa shape index (κ3) is 3.88. The van der Waals surface area contributed by atoms with Crippen molar-refractivity contribution in [2.24, 2.45) is 23.7 Å². The topological polar surface area (TPSA) is 44.8 Å². The van der Waals surface area contributed by atoms with Crippen LogP contribution in [0.15, 0.2) is 60.0 Å². The van der Waals surface area contributed by atoms with Crippen LogP contribution in [0.25, 0.3) is 0 Å². The average molecular weight is 434 g/mol. The number of benzene rings is 1. The van der Waals surface area contributed by atoms with Gasteiger partial charge in [0.1, 0.15) is 5.75 Å². The number of ether oxygens (including phenoxy) is 1. The molecule has 1 saturated heterocycles. The van der Waals surface area contributed by atoms with E-state index in [0.717, 1.165) is 24.4 Å². The van der Waals surface area contributed by atoms with Gasteiger partial charge in [-0.3, -0.25) is 4.79 Å². The van der Waals surface area contributed by atoms with Gasteiger partial charge in [0.25, 0.3) is 0 Å². The highest BCUT2D eigenvalue weighted by Gasteiger charge is 2.49. The van der Waals surface area contributed by atoms with Crippen molar-refractivity contribution in [1.29, 1.82) is 0 Å². The summed E-state index contributed by atoms with van der Waals surface area (Å²) >= 11 is 0. The van der Waals surface area contributed by atoms with Gasteiger partial charge < -0.3 is 19.9 Å². The van der Waals surface area contributed by atoms with E-state index < -0.39 is 0 Å². The van der Waals surface area contributed by atoms with Crippen LogP contribution < -0.4 is 10.1 Å². The van der Waals surface area contributed by atoms with E-state index in [-0.39, 0.29) is 5.91 Å². The zero-order valence-corrected chi connectivity index (χ0v) is 19.5. The zero-order chi connectivity index (χ0) is 22.2. The molecule has 4 aliphatic rings. The summed E-state index contributed by atoms with van der Waals surface area (Å²) in [5, 5.41) is 3.23. The van der Waals surface area contributed by atoms with Crippen LogP contribution in [0.1, 0.15) is 24.8 Å². The zero-order valence-electron chi connectivity index (χ0n) is 19.5. The summed E-state index contributed by atoms with van der Waals surface area (Å²) in [5.41, 5.74) is 4.15. The Bertz CT molecular complexity index is 965. The molecule has 1 aromatic carbocycles. The molecule has 32 heavy (non-hydrogen) atoms. The molecule has 1 saturated carbocycles. The molecule has 0 spiro atoms. The molecular formula is C27H35N3O2. The van der Waals surface area contributed by atoms with Gasteiger partial charge in [0.05, 0.1) is 7.11 Å². The Labute approximate surface area is 191 Å². The molecule has 0 bridgehead atoms. The van der Waals surface area contributed by atoms with E-state index in [1.54, 1.807) is 12.7 Å². The summed E-state index contributed by atoms with van der Waals surface area (Å²) in [6.07, 6.45) is 12.9. The highest BCUT2D eigenvalue weighted by molar-refractivity contribution is 5.76. The predicted octanol–water partition coefficient (Wildman–Crippen LogP) is 3.60. The summed E-state index contributed by atoms with van der Waals surface area (Å²) in [6.45, 7) is 1.82. The number of nitrogens with one attached hydrogen (secondary N) is 1. The number of rotatable bonds is 6. The molecule has 1 amide bonds. The largest absolute Gasteiger partial charge is 0.496 e. The Balaban J connectivity index is 1.18. The van der Waals surface area contributed by atoms with Crippen molar-refractivity contribution < 1.29 is 9.53 Å². The molecular weight excluding hydrogens is 398 g/mol. The van der Waals surface area contributed by atoms with Gasteiger partial charge in [0.2, 0.25) is 5.91 Å². The van der Waals surface area contributed by atoms with Crippen molar-refractivity contribution in [3.63, 3.8) is 0 Å². The number of para-hydroxylation sites is 1. The van der Waals surface area contributed by atoms with Crippen molar-refractivity contribution in [3.8, 4) is 5.75 Å². The number of amides is 1. The average Bonchev–Trinajstić information content (AvgIpc) is 3.13. The maximum Gasteiger partial charge on any atom is 0.220 e. The fourth-order valence-electron chi connectivity index (χ4n) is 6.54. The van der Waals surface area contributed by atoms with Crippen LogP contribution in [0.4, 0.5) is 0 Å². The SMILES string of the molecule is COc1ccccc1CCC(=O)NC[C@@H]1C[C@@H]2C3C=CC=C4C3C(=CN4C)C[C@H]2N(C)C1. The first-order valence-electron chi connectivity index (χ1n) is 12.0. The number of allylic oxidation sites excluding steroid dienone is 4. The predicted molar refractivity (Wildman–Crippen MR) is 127 cm³/mol. The fourth-order valence-corrected chi connectivity index (χ4v) is 6.54. The lowest BCUT2D eigenvalue weighted by Gasteiger charge is -2.51. The van der Waals surface area contributed by atoms with E-state index in [4.69, 9.17) is 4.74 Å². The molecule has 5 atom stereocenters. The van der Waals surface area contributed by atoms with Crippen LogP contribution in [-0.4, -0.2) is 56.0 Å². The van der Waals surface area contributed by atoms with E-state index >= 15 is 0 Å². The smallest absolute Gasteiger partial charge is 0.220 e. The maximum absolute atomic E-state index is 12.6. The van der Waals surface area contributed by atoms with Gasteiger partial charge in [0.15, 0.2) is 0 Å². The van der Waals surface area contributed by atoms with Gasteiger partial charge in [0, 0.05) is 50.4 Å². The molecule has 0 radical (unpaired) electrons. The van der Waals surface area contributed by atoms with Crippen LogP contribution >= 0.6 is 0 Å². The van der Waals surface area contributed by atoms with Crippen molar-refractivity contribution in [3.05, 3.63) is 65.5 Å². The second-order valence-corrected chi connectivity index (χ2v) is 9.94. The number of fused-ring (bicyclic) bond motifs is 2.